The molecule has 2 heterocycles. The topological polar surface area (TPSA) is 58.6 Å². The van der Waals surface area contributed by atoms with Gasteiger partial charge in [0.2, 0.25) is 0 Å². The molecule has 8 heteroatoms. The molecule has 1 aliphatic heterocycles. The number of ether oxygens (including phenoxy) is 1. The van der Waals surface area contributed by atoms with E-state index in [9.17, 15) is 23.1 Å². The quantitative estimate of drug-likeness (QED) is 0.872. The molecule has 1 aromatic heterocycles. The first-order chi connectivity index (χ1) is 8.88. The second kappa shape index (κ2) is 5.48. The molecule has 2 atom stereocenters. The van der Waals surface area contributed by atoms with Crippen molar-refractivity contribution >= 4 is 17.2 Å². The summed E-state index contributed by atoms with van der Waals surface area (Å²) in [6, 6.07) is 1.52. The number of carbonyl (C=O) groups excluding carboxylic acids is 1. The number of amides is 1. The molecule has 0 bridgehead atoms. The van der Waals surface area contributed by atoms with E-state index in [1.807, 2.05) is 0 Å². The number of alkyl halides is 3. The molecule has 1 saturated heterocycles. The normalized spacial score (nSPS) is 24.2. The second-order valence-corrected chi connectivity index (χ2v) is 5.26. The van der Waals surface area contributed by atoms with Gasteiger partial charge in [0.25, 0.3) is 5.91 Å². The third-order valence-corrected chi connectivity index (χ3v) is 3.88. The van der Waals surface area contributed by atoms with Crippen LogP contribution in [-0.4, -0.2) is 36.4 Å². The third-order valence-electron chi connectivity index (χ3n) is 2.75. The van der Waals surface area contributed by atoms with Crippen LogP contribution in [0.1, 0.15) is 21.0 Å². The molecule has 0 aromatic carbocycles. The van der Waals surface area contributed by atoms with Crippen molar-refractivity contribution in [3.63, 3.8) is 0 Å². The summed E-state index contributed by atoms with van der Waals surface area (Å²) >= 11 is 0.388. The monoisotopic (exact) mass is 295 g/mol. The Morgan fingerprint density at radius 2 is 2.21 bits per heavy atom. The van der Waals surface area contributed by atoms with Crippen molar-refractivity contribution in [2.45, 2.75) is 24.7 Å². The lowest BCUT2D eigenvalue weighted by atomic mass is 10.1. The summed E-state index contributed by atoms with van der Waals surface area (Å²) in [7, 11) is 0. The Bertz CT molecular complexity index is 460. The van der Waals surface area contributed by atoms with Crippen molar-refractivity contribution in [3.05, 3.63) is 21.9 Å². The van der Waals surface area contributed by atoms with Gasteiger partial charge in [-0.15, -0.1) is 11.3 Å². The number of thiophene rings is 1. The van der Waals surface area contributed by atoms with E-state index in [-0.39, 0.29) is 11.5 Å². The molecule has 0 radical (unpaired) electrons. The Kier molecular flexibility index (Phi) is 4.12. The van der Waals surface area contributed by atoms with Gasteiger partial charge in [-0.05, 0) is 18.6 Å². The molecule has 0 aliphatic carbocycles. The highest BCUT2D eigenvalue weighted by molar-refractivity contribution is 7.14. The van der Waals surface area contributed by atoms with Crippen molar-refractivity contribution < 1.29 is 27.8 Å². The summed E-state index contributed by atoms with van der Waals surface area (Å²) in [6.45, 7) is 0.517. The Morgan fingerprint density at radius 1 is 1.47 bits per heavy atom. The highest BCUT2D eigenvalue weighted by Crippen LogP contribution is 2.34. The first-order valence-electron chi connectivity index (χ1n) is 5.61. The van der Waals surface area contributed by atoms with Gasteiger partial charge in [0, 0.05) is 6.61 Å². The molecule has 0 unspecified atom stereocenters. The van der Waals surface area contributed by atoms with Gasteiger partial charge in [0.15, 0.2) is 0 Å². The fraction of sp³-hybridized carbons (Fsp3) is 0.545. The van der Waals surface area contributed by atoms with E-state index >= 15 is 0 Å². The van der Waals surface area contributed by atoms with Crippen molar-refractivity contribution in [2.75, 3.05) is 13.2 Å². The van der Waals surface area contributed by atoms with Crippen LogP contribution < -0.4 is 5.32 Å². The molecule has 19 heavy (non-hydrogen) atoms. The first kappa shape index (κ1) is 14.3. The van der Waals surface area contributed by atoms with Crippen LogP contribution in [0.5, 0.6) is 0 Å². The predicted molar refractivity (Wildman–Crippen MR) is 62.0 cm³/mol. The van der Waals surface area contributed by atoms with Gasteiger partial charge < -0.3 is 15.2 Å². The van der Waals surface area contributed by atoms with Crippen LogP contribution in [0.25, 0.3) is 0 Å². The standard InChI is InChI=1S/C11H12F3NO3S/c12-11(13,14)9-2-1-8(19-9)10(17)15-6-3-4-18-5-7(6)16/h1-2,6-7,16H,3-5H2,(H,15,17)/t6-,7-/m1/s1. The fourth-order valence-electron chi connectivity index (χ4n) is 1.74. The number of halogens is 3. The lowest BCUT2D eigenvalue weighted by Gasteiger charge is -2.28. The van der Waals surface area contributed by atoms with Crippen LogP contribution in [0, 0.1) is 0 Å². The first-order valence-corrected chi connectivity index (χ1v) is 6.43. The Balaban J connectivity index is 2.01. The number of carbonyl (C=O) groups is 1. The van der Waals surface area contributed by atoms with Crippen LogP contribution >= 0.6 is 11.3 Å². The van der Waals surface area contributed by atoms with Gasteiger partial charge in [-0.2, -0.15) is 13.2 Å². The van der Waals surface area contributed by atoms with Crippen LogP contribution in [0.4, 0.5) is 13.2 Å². The molecule has 4 nitrogen and oxygen atoms in total. The van der Waals surface area contributed by atoms with Gasteiger partial charge in [-0.1, -0.05) is 0 Å². The van der Waals surface area contributed by atoms with E-state index < -0.39 is 29.1 Å². The third kappa shape index (κ3) is 3.46. The van der Waals surface area contributed by atoms with Gasteiger partial charge in [0.1, 0.15) is 4.88 Å². The number of nitrogens with one attached hydrogen (secondary N) is 1. The molecule has 1 fully saturated rings. The molecule has 1 aliphatic rings. The average Bonchev–Trinajstić information content (AvgIpc) is 2.81. The van der Waals surface area contributed by atoms with E-state index in [0.717, 1.165) is 12.1 Å². The smallest absolute Gasteiger partial charge is 0.389 e. The van der Waals surface area contributed by atoms with Crippen molar-refractivity contribution in [3.8, 4) is 0 Å². The van der Waals surface area contributed by atoms with E-state index in [0.29, 0.717) is 24.4 Å². The summed E-state index contributed by atoms with van der Waals surface area (Å²) in [6.07, 6.45) is -4.84. The van der Waals surface area contributed by atoms with Crippen LogP contribution in [-0.2, 0) is 10.9 Å². The van der Waals surface area contributed by atoms with E-state index in [1.165, 1.54) is 0 Å². The molecule has 1 amide bonds. The maximum Gasteiger partial charge on any atom is 0.425 e. The van der Waals surface area contributed by atoms with Gasteiger partial charge in [0.05, 0.1) is 23.6 Å². The molecule has 1 aromatic rings. The van der Waals surface area contributed by atoms with Crippen molar-refractivity contribution in [2.24, 2.45) is 0 Å². The lowest BCUT2D eigenvalue weighted by molar-refractivity contribution is -0.134. The minimum atomic E-state index is -4.44. The zero-order valence-corrected chi connectivity index (χ0v) is 10.6. The summed E-state index contributed by atoms with van der Waals surface area (Å²) in [4.78, 5) is 10.9. The number of hydrogen-bond donors (Lipinski definition) is 2. The van der Waals surface area contributed by atoms with E-state index in [1.54, 1.807) is 0 Å². The summed E-state index contributed by atoms with van der Waals surface area (Å²) in [5.41, 5.74) is 0. The maximum absolute atomic E-state index is 12.4. The highest BCUT2D eigenvalue weighted by atomic mass is 32.1. The predicted octanol–water partition coefficient (Wildman–Crippen LogP) is 1.65. The zero-order chi connectivity index (χ0) is 14.0. The Labute approximate surface area is 111 Å². The molecular weight excluding hydrogens is 283 g/mol. The van der Waals surface area contributed by atoms with Gasteiger partial charge in [-0.3, -0.25) is 4.79 Å². The molecular formula is C11H12F3NO3S. The number of hydrogen-bond acceptors (Lipinski definition) is 4. The number of aliphatic hydroxyl groups excluding tert-OH is 1. The highest BCUT2D eigenvalue weighted by Gasteiger charge is 2.33. The largest absolute Gasteiger partial charge is 0.425 e. The number of aliphatic hydroxyl groups is 1. The SMILES string of the molecule is O=C(N[C@@H]1CCOC[C@H]1O)c1ccc(C(F)(F)F)s1. The molecule has 2 N–H and O–H groups in total. The van der Waals surface area contributed by atoms with E-state index in [2.05, 4.69) is 5.32 Å². The molecule has 0 spiro atoms. The van der Waals surface area contributed by atoms with Crippen LogP contribution in [0.3, 0.4) is 0 Å². The van der Waals surface area contributed by atoms with E-state index in [4.69, 9.17) is 4.74 Å². The van der Waals surface area contributed by atoms with Gasteiger partial charge in [-0.25, -0.2) is 0 Å². The van der Waals surface area contributed by atoms with Crippen LogP contribution in [0.15, 0.2) is 12.1 Å². The van der Waals surface area contributed by atoms with Crippen molar-refractivity contribution in [1.29, 1.82) is 0 Å². The Hall–Kier alpha value is -1.12. The summed E-state index contributed by atoms with van der Waals surface area (Å²) in [5.74, 6) is -0.605. The average molecular weight is 295 g/mol. The number of rotatable bonds is 2. The molecule has 2 rings (SSSR count). The second-order valence-electron chi connectivity index (χ2n) is 4.17. The van der Waals surface area contributed by atoms with Crippen LogP contribution in [0.2, 0.25) is 0 Å². The maximum atomic E-state index is 12.4. The minimum absolute atomic E-state index is 0.0222. The summed E-state index contributed by atoms with van der Waals surface area (Å²) < 4.78 is 42.2. The lowest BCUT2D eigenvalue weighted by Crippen LogP contribution is -2.48. The minimum Gasteiger partial charge on any atom is -0.389 e. The molecule has 0 saturated carbocycles. The van der Waals surface area contributed by atoms with Crippen molar-refractivity contribution in [1.82, 2.24) is 5.32 Å². The fourth-order valence-corrected chi connectivity index (χ4v) is 2.52. The van der Waals surface area contributed by atoms with Gasteiger partial charge >= 0.3 is 6.18 Å². The molecule has 106 valence electrons. The Morgan fingerprint density at radius 3 is 2.79 bits per heavy atom. The zero-order valence-electron chi connectivity index (χ0n) is 9.74. The summed E-state index contributed by atoms with van der Waals surface area (Å²) in [5, 5.41) is 12.1.